The second kappa shape index (κ2) is 11.7. The Balaban J connectivity index is 1.32. The summed E-state index contributed by atoms with van der Waals surface area (Å²) in [4.78, 5) is 17.5. The van der Waals surface area contributed by atoms with Gasteiger partial charge < -0.3 is 20.1 Å². The zero-order chi connectivity index (χ0) is 26.5. The number of nitrogens with one attached hydrogen (secondary N) is 1. The Bertz CT molecular complexity index is 1280. The number of methoxy groups -OCH3 is 1. The summed E-state index contributed by atoms with van der Waals surface area (Å²) in [6.45, 7) is 3.95. The van der Waals surface area contributed by atoms with E-state index in [1.54, 1.807) is 12.0 Å². The molecule has 6 nitrogen and oxygen atoms in total. The zero-order valence-corrected chi connectivity index (χ0v) is 22.0. The Morgan fingerprint density at radius 3 is 2.32 bits per heavy atom. The SMILES string of the molecule is CC[C@@H]1[C@H](c2ccc(C#Cc3ccccc3)cc2)[C@@H]2CN(C(=O)Nc3ccc(OC)cc3)C[C@@H](O)CCN12. The van der Waals surface area contributed by atoms with Crippen molar-refractivity contribution >= 4 is 11.7 Å². The smallest absolute Gasteiger partial charge is 0.321 e. The van der Waals surface area contributed by atoms with E-state index in [0.29, 0.717) is 37.2 Å². The fraction of sp³-hybridized carbons (Fsp3) is 0.344. The van der Waals surface area contributed by atoms with Crippen LogP contribution in [0.5, 0.6) is 5.75 Å². The summed E-state index contributed by atoms with van der Waals surface area (Å²) in [5.41, 5.74) is 3.97. The highest BCUT2D eigenvalue weighted by Crippen LogP contribution is 2.43. The van der Waals surface area contributed by atoms with Gasteiger partial charge in [0, 0.05) is 54.5 Å². The van der Waals surface area contributed by atoms with Crippen LogP contribution in [0.1, 0.15) is 42.4 Å². The second-order valence-corrected chi connectivity index (χ2v) is 10.1. The topological polar surface area (TPSA) is 65.0 Å². The molecule has 2 heterocycles. The molecule has 3 aromatic carbocycles. The number of fused-ring (bicyclic) bond motifs is 1. The number of β-amino-alcohol motifs (C(OH)–C–C–N with tert-alkyl or cyclic N) is 1. The average molecular weight is 510 g/mol. The van der Waals surface area contributed by atoms with Gasteiger partial charge >= 0.3 is 6.03 Å². The second-order valence-electron chi connectivity index (χ2n) is 10.1. The molecule has 3 aromatic rings. The molecule has 4 atom stereocenters. The summed E-state index contributed by atoms with van der Waals surface area (Å²) >= 11 is 0. The fourth-order valence-corrected chi connectivity index (χ4v) is 5.74. The van der Waals surface area contributed by atoms with Crippen LogP contribution in [0.4, 0.5) is 10.5 Å². The standard InChI is InChI=1S/C32H35N3O3/c1-3-29-31(25-13-11-24(12-14-25)10-9-23-7-5-4-6-8-23)30-22-34(21-27(36)19-20-35(29)30)32(37)33-26-15-17-28(38-2)18-16-26/h4-8,11-18,27,29-31,36H,3,19-22H2,1-2H3,(H,33,37)/t27-,29+,30-,31-/m0/s1. The van der Waals surface area contributed by atoms with Crippen LogP contribution in [0.15, 0.2) is 78.9 Å². The van der Waals surface area contributed by atoms with Crippen molar-refractivity contribution in [3.63, 3.8) is 0 Å². The summed E-state index contributed by atoms with van der Waals surface area (Å²) in [7, 11) is 1.62. The Labute approximate surface area is 225 Å². The van der Waals surface area contributed by atoms with Crippen molar-refractivity contribution in [1.82, 2.24) is 9.80 Å². The maximum Gasteiger partial charge on any atom is 0.321 e. The summed E-state index contributed by atoms with van der Waals surface area (Å²) < 4.78 is 5.21. The van der Waals surface area contributed by atoms with Gasteiger partial charge in [-0.15, -0.1) is 0 Å². The number of aliphatic hydroxyl groups is 1. The Morgan fingerprint density at radius 1 is 0.974 bits per heavy atom. The number of carbonyl (C=O) groups is 1. The first kappa shape index (κ1) is 25.8. The molecule has 196 valence electrons. The molecule has 0 aliphatic carbocycles. The molecule has 0 radical (unpaired) electrons. The van der Waals surface area contributed by atoms with E-state index >= 15 is 0 Å². The van der Waals surface area contributed by atoms with Crippen LogP contribution in [0.3, 0.4) is 0 Å². The van der Waals surface area contributed by atoms with E-state index in [4.69, 9.17) is 4.74 Å². The van der Waals surface area contributed by atoms with Crippen molar-refractivity contribution in [2.24, 2.45) is 0 Å². The molecular weight excluding hydrogens is 474 g/mol. The largest absolute Gasteiger partial charge is 0.497 e. The molecule has 2 aliphatic heterocycles. The molecule has 2 fully saturated rings. The maximum absolute atomic E-state index is 13.3. The number of anilines is 1. The molecule has 0 aromatic heterocycles. The minimum absolute atomic E-state index is 0.193. The predicted octanol–water partition coefficient (Wildman–Crippen LogP) is 4.94. The van der Waals surface area contributed by atoms with Gasteiger partial charge in [-0.05, 0) is 66.9 Å². The molecule has 6 heteroatoms. The van der Waals surface area contributed by atoms with Crippen molar-refractivity contribution in [1.29, 1.82) is 0 Å². The Kier molecular flexibility index (Phi) is 7.97. The van der Waals surface area contributed by atoms with Gasteiger partial charge in [-0.3, -0.25) is 4.90 Å². The van der Waals surface area contributed by atoms with E-state index in [2.05, 4.69) is 53.2 Å². The first-order valence-electron chi connectivity index (χ1n) is 13.4. The molecule has 0 saturated carbocycles. The maximum atomic E-state index is 13.3. The van der Waals surface area contributed by atoms with Crippen LogP contribution < -0.4 is 10.1 Å². The summed E-state index contributed by atoms with van der Waals surface area (Å²) in [5.74, 6) is 7.55. The van der Waals surface area contributed by atoms with Crippen molar-refractivity contribution in [3.05, 3.63) is 95.6 Å². The molecule has 5 rings (SSSR count). The number of rotatable bonds is 4. The van der Waals surface area contributed by atoms with Gasteiger partial charge in [0.2, 0.25) is 0 Å². The van der Waals surface area contributed by atoms with Crippen molar-refractivity contribution in [2.45, 2.75) is 43.9 Å². The van der Waals surface area contributed by atoms with Crippen LogP contribution in [0.2, 0.25) is 0 Å². The number of carbonyl (C=O) groups excluding carboxylic acids is 1. The van der Waals surface area contributed by atoms with Crippen molar-refractivity contribution in [3.8, 4) is 17.6 Å². The van der Waals surface area contributed by atoms with Gasteiger partial charge in [0.1, 0.15) is 5.75 Å². The van der Waals surface area contributed by atoms with Gasteiger partial charge in [-0.25, -0.2) is 4.79 Å². The van der Waals surface area contributed by atoms with E-state index in [-0.39, 0.29) is 12.1 Å². The van der Waals surface area contributed by atoms with Gasteiger partial charge in [0.25, 0.3) is 0 Å². The van der Waals surface area contributed by atoms with Gasteiger partial charge in [-0.2, -0.15) is 0 Å². The number of benzene rings is 3. The molecule has 2 aliphatic rings. The third kappa shape index (κ3) is 5.70. The molecule has 2 saturated heterocycles. The molecule has 2 N–H and O–H groups in total. The highest BCUT2D eigenvalue weighted by atomic mass is 16.5. The zero-order valence-electron chi connectivity index (χ0n) is 22.0. The number of ether oxygens (including phenoxy) is 1. The van der Waals surface area contributed by atoms with Crippen molar-refractivity contribution in [2.75, 3.05) is 32.1 Å². The van der Waals surface area contributed by atoms with Gasteiger partial charge in [-0.1, -0.05) is 49.1 Å². The van der Waals surface area contributed by atoms with Crippen LogP contribution in [0, 0.1) is 11.8 Å². The van der Waals surface area contributed by atoms with E-state index in [0.717, 1.165) is 29.8 Å². The number of aliphatic hydroxyl groups excluding tert-OH is 1. The van der Waals surface area contributed by atoms with Crippen molar-refractivity contribution < 1.29 is 14.6 Å². The van der Waals surface area contributed by atoms with Crippen LogP contribution in [-0.4, -0.2) is 65.9 Å². The highest BCUT2D eigenvalue weighted by molar-refractivity contribution is 5.89. The lowest BCUT2D eigenvalue weighted by atomic mass is 9.73. The quantitative estimate of drug-likeness (QED) is 0.489. The Hall–Kier alpha value is -3.79. The van der Waals surface area contributed by atoms with E-state index in [9.17, 15) is 9.90 Å². The molecular formula is C32H35N3O3. The normalized spacial score (nSPS) is 23.1. The first-order chi connectivity index (χ1) is 18.6. The third-order valence-corrected chi connectivity index (χ3v) is 7.71. The lowest BCUT2D eigenvalue weighted by Gasteiger charge is -2.58. The fourth-order valence-electron chi connectivity index (χ4n) is 5.74. The van der Waals surface area contributed by atoms with E-state index in [1.807, 2.05) is 54.6 Å². The third-order valence-electron chi connectivity index (χ3n) is 7.71. The predicted molar refractivity (Wildman–Crippen MR) is 150 cm³/mol. The summed E-state index contributed by atoms with van der Waals surface area (Å²) in [5, 5.41) is 13.6. The van der Waals surface area contributed by atoms with Crippen LogP contribution in [-0.2, 0) is 0 Å². The summed E-state index contributed by atoms with van der Waals surface area (Å²) in [6.07, 6.45) is 1.13. The van der Waals surface area contributed by atoms with E-state index in [1.165, 1.54) is 5.56 Å². The van der Waals surface area contributed by atoms with Crippen LogP contribution >= 0.6 is 0 Å². The number of nitrogens with zero attached hydrogens (tertiary/aromatic N) is 2. The lowest BCUT2D eigenvalue weighted by molar-refractivity contribution is -0.0543. The van der Waals surface area contributed by atoms with Gasteiger partial charge in [0.05, 0.1) is 13.2 Å². The first-order valence-corrected chi connectivity index (χ1v) is 13.4. The lowest BCUT2D eigenvalue weighted by Crippen LogP contribution is -2.67. The highest BCUT2D eigenvalue weighted by Gasteiger charge is 2.49. The molecule has 2 amide bonds. The van der Waals surface area contributed by atoms with Gasteiger partial charge in [0.15, 0.2) is 0 Å². The monoisotopic (exact) mass is 509 g/mol. The molecule has 0 unspecified atom stereocenters. The summed E-state index contributed by atoms with van der Waals surface area (Å²) in [6, 6.07) is 26.3. The number of hydrogen-bond donors (Lipinski definition) is 2. The number of amides is 2. The average Bonchev–Trinajstić information content (AvgIpc) is 2.94. The number of urea groups is 1. The molecule has 0 spiro atoms. The van der Waals surface area contributed by atoms with Crippen LogP contribution in [0.25, 0.3) is 0 Å². The number of hydrogen-bond acceptors (Lipinski definition) is 4. The molecule has 0 bridgehead atoms. The molecule has 38 heavy (non-hydrogen) atoms. The van der Waals surface area contributed by atoms with E-state index < -0.39 is 6.10 Å². The minimum Gasteiger partial charge on any atom is -0.497 e. The minimum atomic E-state index is -0.545. The Morgan fingerprint density at radius 2 is 1.66 bits per heavy atom.